The number of halogens is 3. The first-order chi connectivity index (χ1) is 12.9. The highest BCUT2D eigenvalue weighted by molar-refractivity contribution is 6.34. The van der Waals surface area contributed by atoms with Gasteiger partial charge in [-0.1, -0.05) is 35.3 Å². The lowest BCUT2D eigenvalue weighted by atomic mass is 10.1. The van der Waals surface area contributed by atoms with E-state index in [1.165, 1.54) is 12.1 Å². The number of benzene rings is 2. The number of aliphatic imine (C=N–C) groups is 2. The summed E-state index contributed by atoms with van der Waals surface area (Å²) in [4.78, 5) is 8.10. The Hall–Kier alpha value is -2.51. The second-order valence-corrected chi connectivity index (χ2v) is 6.72. The molecule has 2 heterocycles. The first-order valence-corrected chi connectivity index (χ1v) is 8.80. The molecule has 0 bridgehead atoms. The van der Waals surface area contributed by atoms with Gasteiger partial charge in [0, 0.05) is 10.0 Å². The predicted octanol–water partition coefficient (Wildman–Crippen LogP) is 3.59. The van der Waals surface area contributed by atoms with Crippen LogP contribution in [-0.2, 0) is 9.47 Å². The van der Waals surface area contributed by atoms with E-state index in [0.29, 0.717) is 23.3 Å². The molecule has 142 valence electrons. The van der Waals surface area contributed by atoms with E-state index in [0.717, 1.165) is 11.1 Å². The monoisotopic (exact) mass is 410 g/mol. The lowest BCUT2D eigenvalue weighted by Crippen LogP contribution is -2.10. The quantitative estimate of drug-likeness (QED) is 0.790. The molecule has 4 N–H and O–H groups in total. The number of nitrogens with two attached hydrogens (primary N) is 2. The number of hydrogen-bond acceptors (Lipinski definition) is 6. The van der Waals surface area contributed by atoms with Crippen LogP contribution in [0.25, 0.3) is 0 Å². The van der Waals surface area contributed by atoms with Gasteiger partial charge in [-0.3, -0.25) is 0 Å². The minimum atomic E-state index is -0.266. The lowest BCUT2D eigenvalue weighted by molar-refractivity contribution is 0.315. The Kier molecular flexibility index (Phi) is 6.03. The molecule has 0 radical (unpaired) electrons. The molecule has 27 heavy (non-hydrogen) atoms. The van der Waals surface area contributed by atoms with Gasteiger partial charge in [0.15, 0.2) is 0 Å². The molecule has 0 aliphatic carbocycles. The molecule has 2 aromatic rings. The van der Waals surface area contributed by atoms with Gasteiger partial charge in [0.05, 0.1) is 0 Å². The van der Waals surface area contributed by atoms with Crippen molar-refractivity contribution in [1.29, 1.82) is 0 Å². The average Bonchev–Trinajstić information content (AvgIpc) is 3.23. The summed E-state index contributed by atoms with van der Waals surface area (Å²) in [7, 11) is 0. The van der Waals surface area contributed by atoms with Gasteiger partial charge in [-0.2, -0.15) is 0 Å². The van der Waals surface area contributed by atoms with Crippen LogP contribution in [0.2, 0.25) is 10.0 Å². The molecular weight excluding hydrogens is 394 g/mol. The summed E-state index contributed by atoms with van der Waals surface area (Å²) in [5.74, 6) is -0.266. The standard InChI is InChI=1S/C9H8Cl2N2O.C9H9FN2O/c10-6-1-5(2-7(11)3-6)8-4-14-9(12)13-8;10-7-3-1-2-6(4-7)8-5-13-9(11)12-8/h1-3,8H,4H2,(H2,12,13);1-4,8H,5H2,(H2,11,12)/t2*8-/m11/s1. The number of ether oxygens (including phenoxy) is 2. The molecule has 9 heteroatoms. The SMILES string of the molecule is NC1=N[C@@H](c2cc(Cl)cc(Cl)c2)CO1.NC1=N[C@@H](c2cccc(F)c2)CO1. The number of rotatable bonds is 2. The Bertz CT molecular complexity index is 871. The van der Waals surface area contributed by atoms with Gasteiger partial charge in [0.25, 0.3) is 12.0 Å². The Morgan fingerprint density at radius 3 is 1.89 bits per heavy atom. The largest absolute Gasteiger partial charge is 0.463 e. The smallest absolute Gasteiger partial charge is 0.282 e. The lowest BCUT2D eigenvalue weighted by Gasteiger charge is -2.06. The van der Waals surface area contributed by atoms with Crippen molar-refractivity contribution in [1.82, 2.24) is 0 Å². The van der Waals surface area contributed by atoms with Crippen molar-refractivity contribution in [3.63, 3.8) is 0 Å². The molecule has 4 rings (SSSR count). The van der Waals surface area contributed by atoms with Crippen molar-refractivity contribution in [3.05, 3.63) is 69.5 Å². The Morgan fingerprint density at radius 2 is 1.41 bits per heavy atom. The average molecular weight is 411 g/mol. The normalized spacial score (nSPS) is 20.7. The Morgan fingerprint density at radius 1 is 0.852 bits per heavy atom. The van der Waals surface area contributed by atoms with E-state index in [9.17, 15) is 4.39 Å². The predicted molar refractivity (Wildman–Crippen MR) is 103 cm³/mol. The van der Waals surface area contributed by atoms with Crippen molar-refractivity contribution in [3.8, 4) is 0 Å². The highest BCUT2D eigenvalue weighted by Gasteiger charge is 2.19. The molecule has 2 aliphatic rings. The molecule has 0 saturated heterocycles. The van der Waals surface area contributed by atoms with Crippen LogP contribution in [0.3, 0.4) is 0 Å². The van der Waals surface area contributed by atoms with Gasteiger partial charge in [0.2, 0.25) is 0 Å². The first kappa shape index (κ1) is 19.3. The Balaban J connectivity index is 0.000000156. The van der Waals surface area contributed by atoms with E-state index in [2.05, 4.69) is 9.98 Å². The van der Waals surface area contributed by atoms with Crippen LogP contribution >= 0.6 is 23.2 Å². The number of hydrogen-bond donors (Lipinski definition) is 2. The van der Waals surface area contributed by atoms with Gasteiger partial charge < -0.3 is 20.9 Å². The molecule has 0 amide bonds. The zero-order valence-electron chi connectivity index (χ0n) is 14.1. The summed E-state index contributed by atoms with van der Waals surface area (Å²) in [6.07, 6.45) is 0. The summed E-state index contributed by atoms with van der Waals surface area (Å²) in [5.41, 5.74) is 12.4. The maximum absolute atomic E-state index is 12.8. The third-order valence-corrected chi connectivity index (χ3v) is 4.28. The molecule has 0 spiro atoms. The minimum Gasteiger partial charge on any atom is -0.463 e. The molecule has 0 aromatic heterocycles. The van der Waals surface area contributed by atoms with E-state index < -0.39 is 0 Å². The highest BCUT2D eigenvalue weighted by atomic mass is 35.5. The molecule has 0 unspecified atom stereocenters. The summed E-state index contributed by atoms with van der Waals surface area (Å²) in [6.45, 7) is 0.845. The molecular formula is C18H17Cl2FN4O2. The maximum atomic E-state index is 12.8. The third kappa shape index (κ3) is 5.24. The van der Waals surface area contributed by atoms with Crippen molar-refractivity contribution >= 4 is 35.2 Å². The first-order valence-electron chi connectivity index (χ1n) is 8.04. The van der Waals surface area contributed by atoms with Crippen LogP contribution in [0.15, 0.2) is 52.4 Å². The van der Waals surface area contributed by atoms with Crippen LogP contribution in [-0.4, -0.2) is 25.3 Å². The zero-order valence-corrected chi connectivity index (χ0v) is 15.6. The van der Waals surface area contributed by atoms with Crippen molar-refractivity contribution in [2.45, 2.75) is 12.1 Å². The summed E-state index contributed by atoms with van der Waals surface area (Å²) >= 11 is 11.7. The topological polar surface area (TPSA) is 95.2 Å². The van der Waals surface area contributed by atoms with Crippen LogP contribution in [0, 0.1) is 5.82 Å². The molecule has 6 nitrogen and oxygen atoms in total. The van der Waals surface area contributed by atoms with Gasteiger partial charge in [-0.25, -0.2) is 14.4 Å². The maximum Gasteiger partial charge on any atom is 0.282 e. The van der Waals surface area contributed by atoms with Crippen molar-refractivity contribution in [2.24, 2.45) is 21.5 Å². The molecule has 2 aliphatic heterocycles. The Labute approximate surface area is 165 Å². The second kappa shape index (κ2) is 8.45. The van der Waals surface area contributed by atoms with Crippen LogP contribution in [0.5, 0.6) is 0 Å². The molecule has 2 atom stereocenters. The fraction of sp³-hybridized carbons (Fsp3) is 0.222. The van der Waals surface area contributed by atoms with E-state index >= 15 is 0 Å². The van der Waals surface area contributed by atoms with Gasteiger partial charge >= 0.3 is 0 Å². The van der Waals surface area contributed by atoms with Gasteiger partial charge in [-0.05, 0) is 41.5 Å². The van der Waals surface area contributed by atoms with Gasteiger partial charge in [0.1, 0.15) is 31.1 Å². The fourth-order valence-corrected chi connectivity index (χ4v) is 3.15. The zero-order chi connectivity index (χ0) is 19.4. The summed E-state index contributed by atoms with van der Waals surface area (Å²) in [6, 6.07) is 11.7. The molecule has 0 saturated carbocycles. The molecule has 0 fully saturated rings. The van der Waals surface area contributed by atoms with Crippen LogP contribution < -0.4 is 11.5 Å². The van der Waals surface area contributed by atoms with Crippen molar-refractivity contribution in [2.75, 3.05) is 13.2 Å². The third-order valence-electron chi connectivity index (χ3n) is 3.85. The van der Waals surface area contributed by atoms with Crippen molar-refractivity contribution < 1.29 is 13.9 Å². The van der Waals surface area contributed by atoms with Crippen LogP contribution in [0.1, 0.15) is 23.2 Å². The van der Waals surface area contributed by atoms with E-state index in [4.69, 9.17) is 44.1 Å². The fourth-order valence-electron chi connectivity index (χ4n) is 2.61. The van der Waals surface area contributed by atoms with E-state index in [1.54, 1.807) is 18.2 Å². The van der Waals surface area contributed by atoms with E-state index in [-0.39, 0.29) is 29.9 Å². The minimum absolute atomic E-state index is 0.0915. The molecule has 2 aromatic carbocycles. The van der Waals surface area contributed by atoms with Crippen LogP contribution in [0.4, 0.5) is 4.39 Å². The second-order valence-electron chi connectivity index (χ2n) is 5.85. The summed E-state index contributed by atoms with van der Waals surface area (Å²) in [5, 5.41) is 1.18. The van der Waals surface area contributed by atoms with E-state index in [1.807, 2.05) is 12.1 Å². The van der Waals surface area contributed by atoms with Gasteiger partial charge in [-0.15, -0.1) is 0 Å². The number of nitrogens with zero attached hydrogens (tertiary/aromatic N) is 2. The summed E-state index contributed by atoms with van der Waals surface area (Å²) < 4.78 is 22.8. The highest BCUT2D eigenvalue weighted by Crippen LogP contribution is 2.27. The number of amidine groups is 2.